The number of hydrogen-bond donors (Lipinski definition) is 2. The molecule has 7 nitrogen and oxygen atoms in total. The molecule has 0 bridgehead atoms. The lowest BCUT2D eigenvalue weighted by atomic mass is 9.96. The van der Waals surface area contributed by atoms with Gasteiger partial charge in [0.2, 0.25) is 5.56 Å². The van der Waals surface area contributed by atoms with E-state index in [9.17, 15) is 4.79 Å². The number of H-pyrrole nitrogens is 1. The maximum atomic E-state index is 12.5. The fraction of sp³-hybridized carbons (Fsp3) is 0.214. The highest BCUT2D eigenvalue weighted by atomic mass is 35.5. The van der Waals surface area contributed by atoms with Crippen molar-refractivity contribution in [1.29, 1.82) is 0 Å². The van der Waals surface area contributed by atoms with E-state index in [1.165, 1.54) is 0 Å². The highest BCUT2D eigenvalue weighted by molar-refractivity contribution is 6.29. The van der Waals surface area contributed by atoms with Crippen LogP contribution in [0.15, 0.2) is 71.5 Å². The second kappa shape index (κ2) is 9.68. The second-order valence-corrected chi connectivity index (χ2v) is 9.30. The summed E-state index contributed by atoms with van der Waals surface area (Å²) >= 11 is 6.00. The van der Waals surface area contributed by atoms with Gasteiger partial charge in [0.25, 0.3) is 0 Å². The van der Waals surface area contributed by atoms with Gasteiger partial charge in [0.1, 0.15) is 16.7 Å². The Bertz CT molecular complexity index is 1480. The Balaban J connectivity index is 1.26. The Morgan fingerprint density at radius 1 is 1.00 bits per heavy atom. The summed E-state index contributed by atoms with van der Waals surface area (Å²) in [6, 6.07) is 21.4. The number of nitrogens with zero attached hydrogens (tertiary/aromatic N) is 2. The number of para-hydroxylation sites is 1. The zero-order chi connectivity index (χ0) is 24.5. The highest BCUT2D eigenvalue weighted by Crippen LogP contribution is 2.43. The lowest BCUT2D eigenvalue weighted by molar-refractivity contribution is 0.122. The summed E-state index contributed by atoms with van der Waals surface area (Å²) in [5.74, 6) is 1.59. The van der Waals surface area contributed by atoms with Crippen molar-refractivity contribution in [3.8, 4) is 22.8 Å². The maximum absolute atomic E-state index is 12.5. The molecule has 2 aromatic carbocycles. The van der Waals surface area contributed by atoms with Gasteiger partial charge in [-0.05, 0) is 48.0 Å². The number of benzene rings is 2. The van der Waals surface area contributed by atoms with E-state index in [4.69, 9.17) is 21.1 Å². The van der Waals surface area contributed by atoms with Crippen molar-refractivity contribution in [2.75, 3.05) is 36.5 Å². The van der Waals surface area contributed by atoms with E-state index in [1.807, 2.05) is 42.5 Å². The standard InChI is InChI=1S/C28H25ClN4O3/c29-26-6-2-4-21(31-26)17-30-20-7-8-25-19(14-20)13-18-3-1-5-23(28(18)36-25)24-15-22(16-27(34)32-24)33-9-11-35-12-10-33/h1-8,14-16,30H,9-13,17H2,(H,32,34). The zero-order valence-corrected chi connectivity index (χ0v) is 20.3. The summed E-state index contributed by atoms with van der Waals surface area (Å²) in [4.78, 5) is 22.1. The number of rotatable bonds is 5. The van der Waals surface area contributed by atoms with Crippen LogP contribution >= 0.6 is 11.6 Å². The Morgan fingerprint density at radius 2 is 1.86 bits per heavy atom. The number of nitrogens with one attached hydrogen (secondary N) is 2. The van der Waals surface area contributed by atoms with Crippen LogP contribution in [0.1, 0.15) is 16.8 Å². The first-order valence-electron chi connectivity index (χ1n) is 12.0. The van der Waals surface area contributed by atoms with Gasteiger partial charge >= 0.3 is 0 Å². The summed E-state index contributed by atoms with van der Waals surface area (Å²) in [5.41, 5.74) is 6.42. The van der Waals surface area contributed by atoms with Crippen LogP contribution in [0, 0.1) is 0 Å². The molecule has 4 aromatic rings. The first kappa shape index (κ1) is 22.6. The van der Waals surface area contributed by atoms with Crippen molar-refractivity contribution < 1.29 is 9.47 Å². The fourth-order valence-electron chi connectivity index (χ4n) is 4.72. The van der Waals surface area contributed by atoms with Crippen LogP contribution in [0.4, 0.5) is 11.4 Å². The molecule has 2 aliphatic heterocycles. The number of ether oxygens (including phenoxy) is 2. The summed E-state index contributed by atoms with van der Waals surface area (Å²) < 4.78 is 11.9. The third kappa shape index (κ3) is 4.67. The Morgan fingerprint density at radius 3 is 2.72 bits per heavy atom. The predicted molar refractivity (Wildman–Crippen MR) is 141 cm³/mol. The van der Waals surface area contributed by atoms with E-state index in [0.29, 0.717) is 24.9 Å². The lowest BCUT2D eigenvalue weighted by Gasteiger charge is -2.29. The topological polar surface area (TPSA) is 79.5 Å². The SMILES string of the molecule is O=c1cc(N2CCOCC2)cc(-c2cccc3c2Oc2ccc(NCc4cccc(Cl)n4)cc2C3)[nH]1. The smallest absolute Gasteiger partial charge is 0.250 e. The molecule has 2 N–H and O–H groups in total. The zero-order valence-electron chi connectivity index (χ0n) is 19.6. The quantitative estimate of drug-likeness (QED) is 0.321. The number of fused-ring (bicyclic) bond motifs is 2. The van der Waals surface area contributed by atoms with Crippen molar-refractivity contribution in [1.82, 2.24) is 9.97 Å². The van der Waals surface area contributed by atoms with Gasteiger partial charge in [-0.2, -0.15) is 0 Å². The first-order chi connectivity index (χ1) is 17.6. The van der Waals surface area contributed by atoms with Crippen LogP contribution in [0.5, 0.6) is 11.5 Å². The van der Waals surface area contributed by atoms with Gasteiger partial charge in [0, 0.05) is 48.1 Å². The van der Waals surface area contributed by atoms with E-state index >= 15 is 0 Å². The summed E-state index contributed by atoms with van der Waals surface area (Å²) in [5, 5.41) is 3.90. The monoisotopic (exact) mass is 500 g/mol. The molecular formula is C28H25ClN4O3. The van der Waals surface area contributed by atoms with Gasteiger partial charge in [-0.15, -0.1) is 0 Å². The lowest BCUT2D eigenvalue weighted by Crippen LogP contribution is -2.36. The van der Waals surface area contributed by atoms with Crippen LogP contribution in [0.3, 0.4) is 0 Å². The molecule has 1 saturated heterocycles. The Kier molecular flexibility index (Phi) is 6.09. The van der Waals surface area contributed by atoms with E-state index < -0.39 is 0 Å². The average Bonchev–Trinajstić information content (AvgIpc) is 2.90. The molecule has 0 amide bonds. The molecule has 1 fully saturated rings. The molecule has 0 radical (unpaired) electrons. The summed E-state index contributed by atoms with van der Waals surface area (Å²) in [6.45, 7) is 3.44. The number of hydrogen-bond acceptors (Lipinski definition) is 6. The maximum Gasteiger partial charge on any atom is 0.250 e. The minimum atomic E-state index is -0.132. The van der Waals surface area contributed by atoms with Crippen molar-refractivity contribution in [2.45, 2.75) is 13.0 Å². The number of aromatic nitrogens is 2. The molecule has 4 heterocycles. The summed E-state index contributed by atoms with van der Waals surface area (Å²) in [6.07, 6.45) is 0.733. The molecule has 0 aliphatic carbocycles. The van der Waals surface area contributed by atoms with Gasteiger partial charge in [-0.25, -0.2) is 4.98 Å². The van der Waals surface area contributed by atoms with Crippen molar-refractivity contribution >= 4 is 23.0 Å². The minimum absolute atomic E-state index is 0.132. The van der Waals surface area contributed by atoms with E-state index in [0.717, 1.165) is 70.5 Å². The third-order valence-corrected chi connectivity index (χ3v) is 6.70. The van der Waals surface area contributed by atoms with Crippen LogP contribution in [0.25, 0.3) is 11.3 Å². The second-order valence-electron chi connectivity index (χ2n) is 8.92. The van der Waals surface area contributed by atoms with Crippen LogP contribution in [-0.4, -0.2) is 36.3 Å². The summed E-state index contributed by atoms with van der Waals surface area (Å²) in [7, 11) is 0. The number of pyridine rings is 2. The van der Waals surface area contributed by atoms with Gasteiger partial charge < -0.3 is 24.7 Å². The molecule has 0 atom stereocenters. The van der Waals surface area contributed by atoms with E-state index in [1.54, 1.807) is 12.1 Å². The van der Waals surface area contributed by atoms with Gasteiger partial charge in [0.05, 0.1) is 31.1 Å². The normalized spacial score (nSPS) is 14.5. The van der Waals surface area contributed by atoms with Gasteiger partial charge in [-0.1, -0.05) is 29.8 Å². The highest BCUT2D eigenvalue weighted by Gasteiger charge is 2.22. The predicted octanol–water partition coefficient (Wildman–Crippen LogP) is 5.24. The van der Waals surface area contributed by atoms with Crippen LogP contribution in [-0.2, 0) is 17.7 Å². The van der Waals surface area contributed by atoms with Crippen molar-refractivity contribution in [3.63, 3.8) is 0 Å². The van der Waals surface area contributed by atoms with E-state index in [2.05, 4.69) is 32.3 Å². The number of morpholine rings is 1. The van der Waals surface area contributed by atoms with Gasteiger partial charge in [0.15, 0.2) is 0 Å². The van der Waals surface area contributed by atoms with Crippen molar-refractivity contribution in [3.05, 3.63) is 99.1 Å². The number of anilines is 2. The molecule has 0 saturated carbocycles. The Hall–Kier alpha value is -3.81. The fourth-order valence-corrected chi connectivity index (χ4v) is 4.90. The van der Waals surface area contributed by atoms with Gasteiger partial charge in [-0.3, -0.25) is 4.79 Å². The molecule has 182 valence electrons. The number of aromatic amines is 1. The average molecular weight is 501 g/mol. The molecule has 2 aliphatic rings. The molecule has 0 spiro atoms. The number of halogens is 1. The van der Waals surface area contributed by atoms with E-state index in [-0.39, 0.29) is 5.56 Å². The molecule has 8 heteroatoms. The van der Waals surface area contributed by atoms with Crippen LogP contribution < -0.4 is 20.5 Å². The van der Waals surface area contributed by atoms with Crippen LogP contribution in [0.2, 0.25) is 5.15 Å². The minimum Gasteiger partial charge on any atom is -0.456 e. The molecule has 0 unspecified atom stereocenters. The van der Waals surface area contributed by atoms with Crippen molar-refractivity contribution in [2.24, 2.45) is 0 Å². The third-order valence-electron chi connectivity index (χ3n) is 6.49. The largest absolute Gasteiger partial charge is 0.456 e. The molecule has 36 heavy (non-hydrogen) atoms. The first-order valence-corrected chi connectivity index (χ1v) is 12.4. The molecule has 2 aromatic heterocycles. The molecule has 6 rings (SSSR count). The Labute approximate surface area is 213 Å². The molecular weight excluding hydrogens is 476 g/mol.